The van der Waals surface area contributed by atoms with Crippen LogP contribution in [-0.4, -0.2) is 34.3 Å². The smallest absolute Gasteiger partial charge is 0.305 e. The first-order chi connectivity index (χ1) is 12.9. The normalized spacial score (nSPS) is 35.8. The summed E-state index contributed by atoms with van der Waals surface area (Å²) in [6.07, 6.45) is 4.98. The molecule has 2 rings (SSSR count). The van der Waals surface area contributed by atoms with Crippen LogP contribution in [0.15, 0.2) is 23.3 Å². The Morgan fingerprint density at radius 1 is 1.25 bits per heavy atom. The van der Waals surface area contributed by atoms with Crippen LogP contribution in [0.5, 0.6) is 0 Å². The number of fused-ring (bicyclic) bond motifs is 1. The molecular formula is C23H34O5. The van der Waals surface area contributed by atoms with Gasteiger partial charge in [-0.1, -0.05) is 45.4 Å². The van der Waals surface area contributed by atoms with Gasteiger partial charge in [-0.15, -0.1) is 0 Å². The van der Waals surface area contributed by atoms with Crippen molar-refractivity contribution in [2.45, 2.75) is 85.4 Å². The van der Waals surface area contributed by atoms with Gasteiger partial charge in [-0.05, 0) is 44.6 Å². The van der Waals surface area contributed by atoms with Crippen molar-refractivity contribution in [3.05, 3.63) is 23.3 Å². The van der Waals surface area contributed by atoms with E-state index in [-0.39, 0.29) is 36.3 Å². The summed E-state index contributed by atoms with van der Waals surface area (Å²) in [6, 6.07) is 0. The highest BCUT2D eigenvalue weighted by atomic mass is 16.5. The van der Waals surface area contributed by atoms with Crippen molar-refractivity contribution in [2.75, 3.05) is 0 Å². The maximum atomic E-state index is 13.2. The minimum Gasteiger partial charge on any atom is -0.461 e. The molecule has 2 aliphatic rings. The highest BCUT2D eigenvalue weighted by Gasteiger charge is 2.56. The molecule has 0 radical (unpaired) electrons. The minimum absolute atomic E-state index is 0.144. The number of Topliss-reactive ketones (excluding diaryl/α,β-unsaturated/α-hetero) is 2. The summed E-state index contributed by atoms with van der Waals surface area (Å²) in [6.45, 7) is 11.0. The summed E-state index contributed by atoms with van der Waals surface area (Å²) in [4.78, 5) is 37.8. The Balaban J connectivity index is 2.51. The molecule has 0 heterocycles. The van der Waals surface area contributed by atoms with Crippen LogP contribution in [0.1, 0.15) is 73.6 Å². The average molecular weight is 391 g/mol. The third-order valence-electron chi connectivity index (χ3n) is 6.29. The second-order valence-electron chi connectivity index (χ2n) is 9.18. The fraction of sp³-hybridized carbons (Fsp3) is 0.696. The highest BCUT2D eigenvalue weighted by molar-refractivity contribution is 6.02. The van der Waals surface area contributed by atoms with Crippen LogP contribution < -0.4 is 0 Å². The van der Waals surface area contributed by atoms with Gasteiger partial charge in [0.25, 0.3) is 0 Å². The molecule has 2 aliphatic carbocycles. The molecule has 0 amide bonds. The average Bonchev–Trinajstić information content (AvgIpc) is 2.87. The van der Waals surface area contributed by atoms with Crippen molar-refractivity contribution in [2.24, 2.45) is 17.3 Å². The molecule has 1 fully saturated rings. The lowest BCUT2D eigenvalue weighted by molar-refractivity contribution is -0.154. The lowest BCUT2D eigenvalue weighted by Gasteiger charge is -2.31. The van der Waals surface area contributed by atoms with Gasteiger partial charge in [0.15, 0.2) is 5.78 Å². The largest absolute Gasteiger partial charge is 0.461 e. The van der Waals surface area contributed by atoms with E-state index in [9.17, 15) is 19.5 Å². The molecule has 0 aromatic heterocycles. The van der Waals surface area contributed by atoms with Crippen LogP contribution in [0.2, 0.25) is 0 Å². The SMILES string of the molecule is CCC(=O)O[C@H]1[C@@H](C)C[C@]2(O)C(=O)C(C)=CCC(C)(C)C(=O)CC/C(C)=C/[C@@H]12. The van der Waals surface area contributed by atoms with Crippen LogP contribution in [0, 0.1) is 17.3 Å². The third-order valence-corrected chi connectivity index (χ3v) is 6.29. The first kappa shape index (κ1) is 22.5. The summed E-state index contributed by atoms with van der Waals surface area (Å²) in [5.41, 5.74) is -0.776. The Kier molecular flexibility index (Phi) is 6.70. The van der Waals surface area contributed by atoms with Crippen molar-refractivity contribution in [1.82, 2.24) is 0 Å². The van der Waals surface area contributed by atoms with E-state index in [1.165, 1.54) is 0 Å². The standard InChI is InChI=1S/C23H34O5/c1-7-19(25)28-20-16(4)13-23(27)17(20)12-14(2)8-9-18(24)22(5,6)11-10-15(3)21(23)26/h10,12,16-17,20,27H,7-9,11,13H2,1-6H3/b14-12+,15-10?/t16-,17-,20-,23+/m0/s1. The molecule has 0 spiro atoms. The summed E-state index contributed by atoms with van der Waals surface area (Å²) >= 11 is 0. The van der Waals surface area contributed by atoms with Gasteiger partial charge >= 0.3 is 5.97 Å². The number of ether oxygens (including phenoxy) is 1. The Hall–Kier alpha value is -1.75. The van der Waals surface area contributed by atoms with Crippen LogP contribution in [0.25, 0.3) is 0 Å². The maximum Gasteiger partial charge on any atom is 0.305 e. The number of hydrogen-bond donors (Lipinski definition) is 1. The van der Waals surface area contributed by atoms with Gasteiger partial charge in [-0.25, -0.2) is 0 Å². The summed E-state index contributed by atoms with van der Waals surface area (Å²) in [7, 11) is 0. The second-order valence-corrected chi connectivity index (χ2v) is 9.18. The minimum atomic E-state index is -1.60. The van der Waals surface area contributed by atoms with E-state index in [4.69, 9.17) is 4.74 Å². The summed E-state index contributed by atoms with van der Waals surface area (Å²) in [5.74, 6) is -1.28. The van der Waals surface area contributed by atoms with E-state index in [1.54, 1.807) is 19.9 Å². The molecule has 0 aromatic carbocycles. The van der Waals surface area contributed by atoms with Crippen molar-refractivity contribution >= 4 is 17.5 Å². The zero-order valence-electron chi connectivity index (χ0n) is 18.0. The lowest BCUT2D eigenvalue weighted by atomic mass is 9.77. The molecule has 0 aromatic rings. The van der Waals surface area contributed by atoms with E-state index >= 15 is 0 Å². The first-order valence-electron chi connectivity index (χ1n) is 10.3. The van der Waals surface area contributed by atoms with Gasteiger partial charge in [0, 0.05) is 18.3 Å². The van der Waals surface area contributed by atoms with E-state index in [2.05, 4.69) is 0 Å². The monoisotopic (exact) mass is 390 g/mol. The number of esters is 1. The van der Waals surface area contributed by atoms with Crippen molar-refractivity contribution in [3.63, 3.8) is 0 Å². The van der Waals surface area contributed by atoms with Crippen molar-refractivity contribution < 1.29 is 24.2 Å². The molecule has 1 saturated carbocycles. The van der Waals surface area contributed by atoms with Gasteiger partial charge in [-0.3, -0.25) is 14.4 Å². The fourth-order valence-corrected chi connectivity index (χ4v) is 4.27. The number of aliphatic hydroxyl groups is 1. The topological polar surface area (TPSA) is 80.7 Å². The third kappa shape index (κ3) is 4.45. The zero-order valence-corrected chi connectivity index (χ0v) is 18.0. The molecule has 156 valence electrons. The fourth-order valence-electron chi connectivity index (χ4n) is 4.27. The number of carbonyl (C=O) groups excluding carboxylic acids is 3. The number of rotatable bonds is 2. The molecule has 5 nitrogen and oxygen atoms in total. The lowest BCUT2D eigenvalue weighted by Crippen LogP contribution is -2.45. The Morgan fingerprint density at radius 3 is 2.50 bits per heavy atom. The number of hydrogen-bond acceptors (Lipinski definition) is 5. The molecular weight excluding hydrogens is 356 g/mol. The predicted octanol–water partition coefficient (Wildman–Crippen LogP) is 3.94. The van der Waals surface area contributed by atoms with E-state index < -0.39 is 23.0 Å². The van der Waals surface area contributed by atoms with Crippen LogP contribution in [-0.2, 0) is 19.1 Å². The van der Waals surface area contributed by atoms with E-state index in [1.807, 2.05) is 33.8 Å². The Bertz CT molecular complexity index is 715. The molecule has 1 N–H and O–H groups in total. The quantitative estimate of drug-likeness (QED) is 0.571. The van der Waals surface area contributed by atoms with Gasteiger partial charge in [0.1, 0.15) is 17.5 Å². The van der Waals surface area contributed by atoms with Gasteiger partial charge < -0.3 is 9.84 Å². The summed E-state index contributed by atoms with van der Waals surface area (Å²) in [5, 5.41) is 11.5. The molecule has 0 bridgehead atoms. The molecule has 0 saturated heterocycles. The molecule has 4 atom stereocenters. The van der Waals surface area contributed by atoms with Crippen molar-refractivity contribution in [3.8, 4) is 0 Å². The highest BCUT2D eigenvalue weighted by Crippen LogP contribution is 2.45. The molecule has 28 heavy (non-hydrogen) atoms. The maximum absolute atomic E-state index is 13.2. The first-order valence-corrected chi connectivity index (χ1v) is 10.3. The van der Waals surface area contributed by atoms with Gasteiger partial charge in [0.05, 0.1) is 5.92 Å². The predicted molar refractivity (Wildman–Crippen MR) is 108 cm³/mol. The zero-order chi connectivity index (χ0) is 21.3. The van der Waals surface area contributed by atoms with Crippen LogP contribution in [0.4, 0.5) is 0 Å². The molecule has 5 heteroatoms. The number of carbonyl (C=O) groups is 3. The van der Waals surface area contributed by atoms with Crippen LogP contribution in [0.3, 0.4) is 0 Å². The number of allylic oxidation sites excluding steroid dienone is 2. The van der Waals surface area contributed by atoms with Crippen LogP contribution >= 0.6 is 0 Å². The van der Waals surface area contributed by atoms with E-state index in [0.29, 0.717) is 24.8 Å². The van der Waals surface area contributed by atoms with Gasteiger partial charge in [-0.2, -0.15) is 0 Å². The molecule has 0 unspecified atom stereocenters. The summed E-state index contributed by atoms with van der Waals surface area (Å²) < 4.78 is 5.64. The van der Waals surface area contributed by atoms with Gasteiger partial charge in [0.2, 0.25) is 0 Å². The molecule has 0 aliphatic heterocycles. The van der Waals surface area contributed by atoms with Crippen molar-refractivity contribution in [1.29, 1.82) is 0 Å². The Morgan fingerprint density at radius 2 is 1.89 bits per heavy atom. The number of ketones is 2. The van der Waals surface area contributed by atoms with E-state index in [0.717, 1.165) is 5.57 Å². The Labute approximate surface area is 168 Å². The second kappa shape index (κ2) is 8.32.